The zero-order chi connectivity index (χ0) is 21.5. The third kappa shape index (κ3) is 22.9. The third-order valence-electron chi connectivity index (χ3n) is 4.42. The van der Waals surface area contributed by atoms with Crippen molar-refractivity contribution in [1.82, 2.24) is 0 Å². The molecule has 11 heteroatoms. The van der Waals surface area contributed by atoms with Gasteiger partial charge in [-0.25, -0.2) is 8.42 Å². The van der Waals surface area contributed by atoms with Crippen LogP contribution in [-0.4, -0.2) is 76.0 Å². The van der Waals surface area contributed by atoms with Crippen LogP contribution in [0.2, 0.25) is 0 Å². The molecule has 0 aromatic carbocycles. The topological polar surface area (TPSA) is 110 Å². The molecular formula is C22H51ClKNO7S. The maximum atomic E-state index is 12.5. The van der Waals surface area contributed by atoms with Crippen LogP contribution >= 0.6 is 0 Å². The van der Waals surface area contributed by atoms with E-state index in [1.54, 1.807) is 20.8 Å². The van der Waals surface area contributed by atoms with E-state index in [1.807, 2.05) is 28.1 Å². The molecule has 0 amide bonds. The number of carbonyl (C=O) groups is 2. The minimum Gasteiger partial charge on any atom is -1.00 e. The van der Waals surface area contributed by atoms with Crippen molar-refractivity contribution in [3.8, 4) is 0 Å². The van der Waals surface area contributed by atoms with Crippen molar-refractivity contribution in [2.45, 2.75) is 76.7 Å². The molecule has 8 nitrogen and oxygen atoms in total. The van der Waals surface area contributed by atoms with Crippen molar-refractivity contribution in [3.63, 3.8) is 0 Å². The number of nitrogens with zero attached hydrogens (tertiary/aromatic N) is 1. The summed E-state index contributed by atoms with van der Waals surface area (Å²) in [6.45, 7) is 7.81. The van der Waals surface area contributed by atoms with Crippen molar-refractivity contribution in [2.75, 3.05) is 46.7 Å². The molecule has 0 aliphatic carbocycles. The molecule has 0 aliphatic rings. The summed E-state index contributed by atoms with van der Waals surface area (Å²) in [6, 6.07) is 0. The van der Waals surface area contributed by atoms with Gasteiger partial charge in [0.1, 0.15) is 13.2 Å². The molecule has 0 fully saturated rings. The van der Waals surface area contributed by atoms with Crippen LogP contribution in [0, 0.1) is 10.8 Å². The van der Waals surface area contributed by atoms with E-state index in [-0.39, 0.29) is 119 Å². The van der Waals surface area contributed by atoms with Gasteiger partial charge in [0.25, 0.3) is 0 Å². The fourth-order valence-corrected chi connectivity index (χ4v) is 3.04. The number of carbonyl (C=O) groups excluding carboxylic acids is 2. The van der Waals surface area contributed by atoms with Crippen molar-refractivity contribution in [1.29, 1.82) is 0 Å². The van der Waals surface area contributed by atoms with Crippen LogP contribution < -0.4 is 63.8 Å². The van der Waals surface area contributed by atoms with E-state index in [1.165, 1.54) is 0 Å². The summed E-state index contributed by atoms with van der Waals surface area (Å²) in [5.41, 5.74) is -1.80. The van der Waals surface area contributed by atoms with Crippen LogP contribution in [0.4, 0.5) is 0 Å². The first kappa shape index (κ1) is 50.6. The minimum absolute atomic E-state index is 0. The second-order valence-electron chi connectivity index (χ2n) is 8.88. The van der Waals surface area contributed by atoms with Gasteiger partial charge < -0.3 is 30.9 Å². The molecule has 0 radical (unpaired) electrons. The van der Waals surface area contributed by atoms with Crippen LogP contribution in [0.25, 0.3) is 0 Å². The van der Waals surface area contributed by atoms with Crippen molar-refractivity contribution < 1.29 is 100 Å². The summed E-state index contributed by atoms with van der Waals surface area (Å²) in [4.78, 5) is 24.9. The van der Waals surface area contributed by atoms with Gasteiger partial charge in [-0.3, -0.25) is 9.59 Å². The Morgan fingerprint density at radius 1 is 0.909 bits per heavy atom. The number of hydrogen-bond acceptors (Lipinski definition) is 7. The Bertz CT molecular complexity index is 623. The van der Waals surface area contributed by atoms with Gasteiger partial charge in [-0.15, -0.1) is 0 Å². The number of hydrogen-bond donors (Lipinski definition) is 0. The van der Waals surface area contributed by atoms with Crippen molar-refractivity contribution in [2.24, 2.45) is 10.8 Å². The van der Waals surface area contributed by atoms with Crippen LogP contribution in [-0.2, 0) is 29.2 Å². The van der Waals surface area contributed by atoms with E-state index in [0.717, 1.165) is 0 Å². The molecular weight excluding hydrogens is 497 g/mol. The van der Waals surface area contributed by atoms with E-state index in [4.69, 9.17) is 9.47 Å². The molecule has 0 aromatic rings. The molecule has 0 aliphatic heterocycles. The van der Waals surface area contributed by atoms with E-state index in [0.29, 0.717) is 24.1 Å². The van der Waals surface area contributed by atoms with Gasteiger partial charge in [0.15, 0.2) is 0 Å². The van der Waals surface area contributed by atoms with E-state index in [9.17, 15) is 22.6 Å². The molecule has 0 saturated carbocycles. The zero-order valence-electron chi connectivity index (χ0n) is 19.0. The van der Waals surface area contributed by atoms with Crippen molar-refractivity contribution >= 4 is 22.1 Å². The Hall–Kier alpha value is 0.736. The van der Waals surface area contributed by atoms with Gasteiger partial charge >= 0.3 is 63.3 Å². The predicted octanol–water partition coefficient (Wildman–Crippen LogP) is -1.90. The Kier molecular flexibility index (Phi) is 32.0. The maximum absolute atomic E-state index is 12.5. The average Bonchev–Trinajstić information content (AvgIpc) is 2.48. The average molecular weight is 548 g/mol. The molecule has 0 N–H and O–H groups in total. The quantitative estimate of drug-likeness (QED) is 0.0922. The first-order chi connectivity index (χ1) is 12.0. The van der Waals surface area contributed by atoms with Gasteiger partial charge in [0.05, 0.1) is 48.7 Å². The van der Waals surface area contributed by atoms with Crippen LogP contribution in [0.15, 0.2) is 0 Å². The summed E-state index contributed by atoms with van der Waals surface area (Å²) in [5, 5.41) is 0. The maximum Gasteiger partial charge on any atom is 1.00 e. The molecule has 1 atom stereocenters. The number of esters is 2. The van der Waals surface area contributed by atoms with E-state index < -0.39 is 32.7 Å². The predicted molar refractivity (Wildman–Crippen MR) is 128 cm³/mol. The summed E-state index contributed by atoms with van der Waals surface area (Å²) in [7, 11) is 1.68. The minimum atomic E-state index is -4.33. The number of rotatable bonds is 12. The largest absolute Gasteiger partial charge is 1.00 e. The second kappa shape index (κ2) is 20.9. The third-order valence-corrected chi connectivity index (χ3v) is 5.21. The fraction of sp³-hybridized carbons (Fsp3) is 0.909. The summed E-state index contributed by atoms with van der Waals surface area (Å²) >= 11 is 0. The smallest absolute Gasteiger partial charge is 1.00 e. The number of likely N-dealkylation sites (N-methyl/N-ethyl adjacent to an activating group) is 1. The molecule has 0 rings (SSSR count). The molecule has 1 unspecified atom stereocenters. The SMILES string of the molecule is C.C.C.C.CCC(C)(CC(C)(C)C(=O)OCC[N+](C)(C)C)C(=O)OCCCS(=O)(=O)[O-].[Cl-].[K+]. The molecule has 0 bridgehead atoms. The molecule has 0 saturated heterocycles. The summed E-state index contributed by atoms with van der Waals surface area (Å²) in [5.74, 6) is -1.46. The van der Waals surface area contributed by atoms with Crippen molar-refractivity contribution in [3.05, 3.63) is 0 Å². The second-order valence-corrected chi connectivity index (χ2v) is 10.4. The number of ether oxygens (including phenoxy) is 2. The van der Waals surface area contributed by atoms with Crippen LogP contribution in [0.5, 0.6) is 0 Å². The van der Waals surface area contributed by atoms with Crippen LogP contribution in [0.1, 0.15) is 76.7 Å². The normalized spacial score (nSPS) is 12.4. The number of quaternary nitrogens is 1. The van der Waals surface area contributed by atoms with E-state index in [2.05, 4.69) is 0 Å². The molecule has 0 aromatic heterocycles. The summed E-state index contributed by atoms with van der Waals surface area (Å²) < 4.78 is 43.0. The monoisotopic (exact) mass is 547 g/mol. The molecule has 0 heterocycles. The fourth-order valence-electron chi connectivity index (χ4n) is 2.57. The standard InChI is InChI=1S/C18H35NO7S.4CH4.ClH.K/c1-8-18(4,16(21)25-11-9-13-27(22,23)24)14-17(2,3)15(20)26-12-10-19(5,6)7;;;;;;/h8-14H2,1-7H3;4*1H4;1H;/q;;;;;;+1/p-1. The van der Waals surface area contributed by atoms with E-state index >= 15 is 0 Å². The van der Waals surface area contributed by atoms with Crippen LogP contribution in [0.3, 0.4) is 0 Å². The Labute approximate surface area is 254 Å². The Morgan fingerprint density at radius 2 is 1.33 bits per heavy atom. The molecule has 200 valence electrons. The van der Waals surface area contributed by atoms with Gasteiger partial charge in [-0.05, 0) is 40.0 Å². The molecule has 0 spiro atoms. The number of halogens is 1. The Balaban J connectivity index is -0.000000225. The summed E-state index contributed by atoms with van der Waals surface area (Å²) in [6.07, 6.45) is 0.632. The first-order valence-electron chi connectivity index (χ1n) is 9.11. The first-order valence-corrected chi connectivity index (χ1v) is 10.7. The van der Waals surface area contributed by atoms with Gasteiger partial charge in [0.2, 0.25) is 0 Å². The molecule has 33 heavy (non-hydrogen) atoms. The Morgan fingerprint density at radius 3 is 1.70 bits per heavy atom. The zero-order valence-corrected chi connectivity index (χ0v) is 23.7. The van der Waals surface area contributed by atoms with Gasteiger partial charge in [-0.1, -0.05) is 36.6 Å². The van der Waals surface area contributed by atoms with Gasteiger partial charge in [0, 0.05) is 5.75 Å². The van der Waals surface area contributed by atoms with Gasteiger partial charge in [-0.2, -0.15) is 0 Å².